The van der Waals surface area contributed by atoms with Crippen LogP contribution in [0.1, 0.15) is 25.8 Å². The average molecular weight is 536 g/mol. The van der Waals surface area contributed by atoms with Crippen LogP contribution in [0.2, 0.25) is 0 Å². The van der Waals surface area contributed by atoms with Crippen LogP contribution in [0.25, 0.3) is 22.3 Å². The molecule has 200 valence electrons. The van der Waals surface area contributed by atoms with Gasteiger partial charge >= 0.3 is 5.69 Å². The van der Waals surface area contributed by atoms with Gasteiger partial charge in [0.05, 0.1) is 10.4 Å². The molecule has 1 saturated heterocycles. The summed E-state index contributed by atoms with van der Waals surface area (Å²) in [5.41, 5.74) is 2.81. The number of aromatic amines is 1. The molecule has 0 radical (unpaired) electrons. The molecule has 1 aliphatic heterocycles. The van der Waals surface area contributed by atoms with Crippen LogP contribution in [-0.2, 0) is 29.7 Å². The number of hydrogen-bond donors (Lipinski definition) is 1. The maximum atomic E-state index is 13.4. The summed E-state index contributed by atoms with van der Waals surface area (Å²) in [6.45, 7) is 6.68. The lowest BCUT2D eigenvalue weighted by atomic mass is 10.1. The highest BCUT2D eigenvalue weighted by molar-refractivity contribution is 7.89. The largest absolute Gasteiger partial charge is 0.349 e. The van der Waals surface area contributed by atoms with Crippen molar-refractivity contribution in [3.05, 3.63) is 87.1 Å². The second-order valence-electron chi connectivity index (χ2n) is 9.73. The number of nitrogens with zero attached hydrogens (tertiary/aromatic N) is 4. The van der Waals surface area contributed by atoms with Crippen molar-refractivity contribution in [1.29, 1.82) is 0 Å². The van der Waals surface area contributed by atoms with E-state index in [0.29, 0.717) is 29.8 Å². The monoisotopic (exact) mass is 535 g/mol. The van der Waals surface area contributed by atoms with Gasteiger partial charge in [0.25, 0.3) is 5.56 Å². The predicted octanol–water partition coefficient (Wildman–Crippen LogP) is 3.09. The molecule has 1 unspecified atom stereocenters. The highest BCUT2D eigenvalue weighted by Gasteiger charge is 2.33. The summed E-state index contributed by atoms with van der Waals surface area (Å²) in [6, 6.07) is 18.5. The molecule has 0 aliphatic carbocycles. The molecule has 5 rings (SSSR count). The van der Waals surface area contributed by atoms with Crippen molar-refractivity contribution in [3.8, 4) is 11.3 Å². The van der Waals surface area contributed by atoms with Gasteiger partial charge in [-0.2, -0.15) is 4.31 Å². The van der Waals surface area contributed by atoms with Gasteiger partial charge in [-0.25, -0.2) is 13.2 Å². The summed E-state index contributed by atoms with van der Waals surface area (Å²) in [6.07, 6.45) is 0.782. The molecule has 1 fully saturated rings. The van der Waals surface area contributed by atoms with E-state index < -0.39 is 10.0 Å². The van der Waals surface area contributed by atoms with Crippen LogP contribution in [0, 0.1) is 0 Å². The Labute approximate surface area is 222 Å². The second-order valence-corrected chi connectivity index (χ2v) is 11.7. The number of aryl methyl sites for hydroxylation is 1. The van der Waals surface area contributed by atoms with Crippen molar-refractivity contribution in [1.82, 2.24) is 23.3 Å². The molecule has 2 aromatic carbocycles. The molecule has 0 bridgehead atoms. The SMILES string of the molecule is CCn1c(=O)c2[nH]c(-c3ccc(S(=O)(=O)N(C)C4CCN(Cc5ccccc5)C4)cc3)cc2n(CC)c1=O. The van der Waals surface area contributed by atoms with Gasteiger partial charge in [-0.05, 0) is 49.6 Å². The normalized spacial score (nSPS) is 16.6. The number of H-pyrrole nitrogens is 1. The summed E-state index contributed by atoms with van der Waals surface area (Å²) in [7, 11) is -2.02. The van der Waals surface area contributed by atoms with E-state index in [1.54, 1.807) is 48.9 Å². The fourth-order valence-corrected chi connectivity index (χ4v) is 6.67. The zero-order valence-corrected chi connectivity index (χ0v) is 22.7. The van der Waals surface area contributed by atoms with Crippen molar-refractivity contribution in [2.75, 3.05) is 20.1 Å². The minimum absolute atomic E-state index is 0.0939. The Morgan fingerprint density at radius 2 is 1.66 bits per heavy atom. The third-order valence-electron chi connectivity index (χ3n) is 7.49. The number of sulfonamides is 1. The molecule has 3 heterocycles. The standard InChI is InChI=1S/C28H33N5O4S/c1-4-32-25-17-24(29-26(25)27(34)33(5-2)28(32)35)21-11-13-23(14-12-21)38(36,37)30(3)22-15-16-31(19-22)18-20-9-7-6-8-10-20/h6-14,17,22,29H,4-5,15-16,18-19H2,1-3H3. The average Bonchev–Trinajstić information content (AvgIpc) is 3.57. The molecule has 38 heavy (non-hydrogen) atoms. The van der Waals surface area contributed by atoms with Crippen LogP contribution in [0.5, 0.6) is 0 Å². The van der Waals surface area contributed by atoms with E-state index in [9.17, 15) is 18.0 Å². The van der Waals surface area contributed by atoms with E-state index in [1.807, 2.05) is 25.1 Å². The predicted molar refractivity (Wildman–Crippen MR) is 149 cm³/mol. The maximum Gasteiger partial charge on any atom is 0.331 e. The van der Waals surface area contributed by atoms with Gasteiger partial charge in [0.2, 0.25) is 10.0 Å². The lowest BCUT2D eigenvalue weighted by Crippen LogP contribution is -2.39. The smallest absolute Gasteiger partial charge is 0.331 e. The Hall–Kier alpha value is -3.47. The van der Waals surface area contributed by atoms with Crippen LogP contribution in [-0.4, -0.2) is 57.9 Å². The Morgan fingerprint density at radius 3 is 2.32 bits per heavy atom. The third kappa shape index (κ3) is 4.63. The van der Waals surface area contributed by atoms with Crippen LogP contribution >= 0.6 is 0 Å². The topological polar surface area (TPSA) is 100 Å². The molecule has 10 heteroatoms. The van der Waals surface area contributed by atoms with Crippen molar-refractivity contribution in [3.63, 3.8) is 0 Å². The van der Waals surface area contributed by atoms with Gasteiger partial charge < -0.3 is 4.98 Å². The zero-order chi connectivity index (χ0) is 27.0. The van der Waals surface area contributed by atoms with Crippen molar-refractivity contribution in [2.45, 2.75) is 50.8 Å². The first-order valence-corrected chi connectivity index (χ1v) is 14.4. The molecule has 2 aromatic heterocycles. The van der Waals surface area contributed by atoms with Crippen molar-refractivity contribution >= 4 is 21.1 Å². The van der Waals surface area contributed by atoms with Gasteiger partial charge in [0.1, 0.15) is 5.52 Å². The fourth-order valence-electron chi connectivity index (χ4n) is 5.29. The minimum atomic E-state index is -3.68. The van der Waals surface area contributed by atoms with Gasteiger partial charge in [-0.15, -0.1) is 0 Å². The first kappa shape index (κ1) is 26.1. The van der Waals surface area contributed by atoms with E-state index in [1.165, 1.54) is 14.4 Å². The number of likely N-dealkylation sites (N-methyl/N-ethyl adjacent to an activating group) is 1. The highest BCUT2D eigenvalue weighted by Crippen LogP contribution is 2.27. The van der Waals surface area contributed by atoms with Crippen LogP contribution in [0.15, 0.2) is 75.1 Å². The van der Waals surface area contributed by atoms with E-state index in [0.717, 1.165) is 25.1 Å². The van der Waals surface area contributed by atoms with E-state index in [-0.39, 0.29) is 28.7 Å². The van der Waals surface area contributed by atoms with Crippen LogP contribution < -0.4 is 11.2 Å². The zero-order valence-electron chi connectivity index (χ0n) is 21.9. The molecule has 1 aliphatic rings. The summed E-state index contributed by atoms with van der Waals surface area (Å²) in [4.78, 5) is 31.2. The van der Waals surface area contributed by atoms with E-state index in [2.05, 4.69) is 22.0 Å². The molecule has 0 amide bonds. The first-order chi connectivity index (χ1) is 18.2. The summed E-state index contributed by atoms with van der Waals surface area (Å²) in [5, 5.41) is 0. The molecule has 1 N–H and O–H groups in total. The Balaban J connectivity index is 1.37. The minimum Gasteiger partial charge on any atom is -0.349 e. The maximum absolute atomic E-state index is 13.4. The third-order valence-corrected chi connectivity index (χ3v) is 9.42. The second kappa shape index (κ2) is 10.4. The van der Waals surface area contributed by atoms with Crippen molar-refractivity contribution < 1.29 is 8.42 Å². The molecular formula is C28H33N5O4S. The highest BCUT2D eigenvalue weighted by atomic mass is 32.2. The number of benzene rings is 2. The molecule has 4 aromatic rings. The van der Waals surface area contributed by atoms with Gasteiger partial charge in [0, 0.05) is 51.5 Å². The Morgan fingerprint density at radius 1 is 0.974 bits per heavy atom. The van der Waals surface area contributed by atoms with Gasteiger partial charge in [-0.3, -0.25) is 18.8 Å². The number of rotatable bonds is 8. The lowest BCUT2D eigenvalue weighted by Gasteiger charge is -2.24. The number of fused-ring (bicyclic) bond motifs is 1. The van der Waals surface area contributed by atoms with E-state index in [4.69, 9.17) is 0 Å². The summed E-state index contributed by atoms with van der Waals surface area (Å²) in [5.74, 6) is 0. The number of aromatic nitrogens is 3. The van der Waals surface area contributed by atoms with E-state index >= 15 is 0 Å². The molecule has 0 saturated carbocycles. The summed E-state index contributed by atoms with van der Waals surface area (Å²) < 4.78 is 31.1. The summed E-state index contributed by atoms with van der Waals surface area (Å²) >= 11 is 0. The van der Waals surface area contributed by atoms with Gasteiger partial charge in [0.15, 0.2) is 0 Å². The Bertz CT molecular complexity index is 1670. The van der Waals surface area contributed by atoms with Gasteiger partial charge in [-0.1, -0.05) is 42.5 Å². The molecule has 1 atom stereocenters. The fraction of sp³-hybridized carbons (Fsp3) is 0.357. The number of likely N-dealkylation sites (tertiary alicyclic amines) is 1. The Kier molecular flexibility index (Phi) is 7.13. The quantitative estimate of drug-likeness (QED) is 0.374. The number of nitrogens with one attached hydrogen (secondary N) is 1. The van der Waals surface area contributed by atoms with Crippen LogP contribution in [0.3, 0.4) is 0 Å². The lowest BCUT2D eigenvalue weighted by molar-refractivity contribution is 0.298. The van der Waals surface area contributed by atoms with Crippen LogP contribution in [0.4, 0.5) is 0 Å². The molecule has 9 nitrogen and oxygen atoms in total. The molecular weight excluding hydrogens is 502 g/mol. The van der Waals surface area contributed by atoms with Crippen molar-refractivity contribution in [2.24, 2.45) is 0 Å². The number of hydrogen-bond acceptors (Lipinski definition) is 5. The first-order valence-electron chi connectivity index (χ1n) is 13.0. The molecule has 0 spiro atoms.